The monoisotopic (exact) mass is 370 g/mol. The molecule has 0 aliphatic carbocycles. The molecule has 0 aliphatic heterocycles. The maximum absolute atomic E-state index is 13.3. The van der Waals surface area contributed by atoms with Gasteiger partial charge in [-0.15, -0.1) is 0 Å². The van der Waals surface area contributed by atoms with Crippen molar-refractivity contribution in [2.45, 2.75) is 0 Å². The first kappa shape index (κ1) is 15.5. The number of hydrogen-bond acceptors (Lipinski definition) is 2. The van der Waals surface area contributed by atoms with E-state index in [2.05, 4.69) is 15.9 Å². The summed E-state index contributed by atoms with van der Waals surface area (Å²) >= 11 is 8.91. The molecule has 0 saturated heterocycles. The van der Waals surface area contributed by atoms with Gasteiger partial charge in [-0.1, -0.05) is 33.6 Å². The third kappa shape index (κ3) is 4.31. The lowest BCUT2D eigenvalue weighted by Gasteiger charge is -2.08. The highest BCUT2D eigenvalue weighted by atomic mass is 79.9. The molecule has 2 aromatic carbocycles. The van der Waals surface area contributed by atoms with Crippen molar-refractivity contribution in [2.75, 3.05) is 0 Å². The first-order valence-electron chi connectivity index (χ1n) is 5.79. The van der Waals surface area contributed by atoms with E-state index in [-0.39, 0.29) is 5.02 Å². The lowest BCUT2D eigenvalue weighted by molar-refractivity contribution is -0.131. The van der Waals surface area contributed by atoms with Crippen LogP contribution in [0, 0.1) is 5.82 Å². The van der Waals surface area contributed by atoms with Crippen molar-refractivity contribution in [1.29, 1.82) is 0 Å². The lowest BCUT2D eigenvalue weighted by Crippen LogP contribution is -1.88. The predicted octanol–water partition coefficient (Wildman–Crippen LogP) is 5.13. The summed E-state index contributed by atoms with van der Waals surface area (Å²) in [7, 11) is 0. The Morgan fingerprint density at radius 2 is 1.90 bits per heavy atom. The second-order valence-corrected chi connectivity index (χ2v) is 5.29. The topological polar surface area (TPSA) is 46.5 Å². The van der Waals surface area contributed by atoms with Gasteiger partial charge in [0.2, 0.25) is 0 Å². The summed E-state index contributed by atoms with van der Waals surface area (Å²) in [6, 6.07) is 9.15. The number of hydrogen-bond donors (Lipinski definition) is 1. The van der Waals surface area contributed by atoms with Crippen molar-refractivity contribution < 1.29 is 19.0 Å². The fourth-order valence-corrected chi connectivity index (χ4v) is 2.15. The molecule has 0 aliphatic rings. The van der Waals surface area contributed by atoms with Crippen molar-refractivity contribution >= 4 is 39.6 Å². The van der Waals surface area contributed by atoms with Crippen LogP contribution < -0.4 is 4.74 Å². The highest BCUT2D eigenvalue weighted by Gasteiger charge is 2.05. The molecule has 0 aromatic heterocycles. The molecule has 0 unspecified atom stereocenters. The molecule has 0 amide bonds. The van der Waals surface area contributed by atoms with E-state index in [1.54, 1.807) is 24.3 Å². The quantitative estimate of drug-likeness (QED) is 0.758. The number of aliphatic carboxylic acids is 1. The third-order valence-electron chi connectivity index (χ3n) is 2.50. The molecule has 0 saturated carbocycles. The van der Waals surface area contributed by atoms with Crippen LogP contribution in [0.25, 0.3) is 6.08 Å². The van der Waals surface area contributed by atoms with E-state index >= 15 is 0 Å². The van der Waals surface area contributed by atoms with E-state index in [0.29, 0.717) is 21.5 Å². The van der Waals surface area contributed by atoms with Gasteiger partial charge in [0.1, 0.15) is 17.3 Å². The molecule has 0 spiro atoms. The number of ether oxygens (including phenoxy) is 1. The normalized spacial score (nSPS) is 10.8. The van der Waals surface area contributed by atoms with Crippen LogP contribution in [0.2, 0.25) is 5.02 Å². The van der Waals surface area contributed by atoms with Gasteiger partial charge in [-0.05, 0) is 35.9 Å². The minimum absolute atomic E-state index is 0.0256. The average Bonchev–Trinajstić information content (AvgIpc) is 2.42. The Morgan fingerprint density at radius 3 is 2.52 bits per heavy atom. The van der Waals surface area contributed by atoms with Gasteiger partial charge in [0.25, 0.3) is 0 Å². The molecule has 0 heterocycles. The van der Waals surface area contributed by atoms with Crippen molar-refractivity contribution in [1.82, 2.24) is 0 Å². The van der Waals surface area contributed by atoms with E-state index in [9.17, 15) is 9.18 Å². The van der Waals surface area contributed by atoms with E-state index in [4.69, 9.17) is 21.4 Å². The summed E-state index contributed by atoms with van der Waals surface area (Å²) in [6.07, 6.45) is 2.49. The molecule has 0 atom stereocenters. The van der Waals surface area contributed by atoms with Gasteiger partial charge < -0.3 is 9.84 Å². The van der Waals surface area contributed by atoms with Gasteiger partial charge in [0, 0.05) is 16.6 Å². The molecule has 108 valence electrons. The number of carbonyl (C=O) groups is 1. The van der Waals surface area contributed by atoms with Crippen LogP contribution in [0.4, 0.5) is 4.39 Å². The van der Waals surface area contributed by atoms with Gasteiger partial charge in [-0.3, -0.25) is 0 Å². The Balaban J connectivity index is 2.20. The molecule has 0 bridgehead atoms. The van der Waals surface area contributed by atoms with E-state index < -0.39 is 11.8 Å². The van der Waals surface area contributed by atoms with Crippen LogP contribution in [0.1, 0.15) is 5.56 Å². The SMILES string of the molecule is O=C(O)/C=C/c1ccc(Oc2ccc(Cl)c(F)c2)cc1Br. The predicted molar refractivity (Wildman–Crippen MR) is 82.3 cm³/mol. The van der Waals surface area contributed by atoms with Crippen molar-refractivity contribution in [3.05, 3.63) is 63.4 Å². The fourth-order valence-electron chi connectivity index (χ4n) is 1.54. The Kier molecular flexibility index (Phi) is 4.98. The molecule has 0 fully saturated rings. The summed E-state index contributed by atoms with van der Waals surface area (Å²) in [4.78, 5) is 10.5. The molecule has 2 rings (SSSR count). The smallest absolute Gasteiger partial charge is 0.328 e. The van der Waals surface area contributed by atoms with E-state index in [1.807, 2.05) is 0 Å². The van der Waals surface area contributed by atoms with Crippen molar-refractivity contribution in [3.63, 3.8) is 0 Å². The molecule has 21 heavy (non-hydrogen) atoms. The number of rotatable bonds is 4. The lowest BCUT2D eigenvalue weighted by atomic mass is 10.2. The fraction of sp³-hybridized carbons (Fsp3) is 0. The summed E-state index contributed by atoms with van der Waals surface area (Å²) in [6.45, 7) is 0. The Bertz CT molecular complexity index is 716. The minimum Gasteiger partial charge on any atom is -0.478 e. The maximum atomic E-state index is 13.3. The van der Waals surface area contributed by atoms with Gasteiger partial charge in [0.05, 0.1) is 5.02 Å². The van der Waals surface area contributed by atoms with Crippen LogP contribution in [0.5, 0.6) is 11.5 Å². The standard InChI is InChI=1S/C15H9BrClFO3/c16-12-7-10(3-1-9(12)2-6-15(19)20)21-11-4-5-13(17)14(18)8-11/h1-8H,(H,19,20)/b6-2+. The zero-order valence-corrected chi connectivity index (χ0v) is 12.9. The van der Waals surface area contributed by atoms with Gasteiger partial charge in [0.15, 0.2) is 0 Å². The number of carboxylic acid groups (broad SMARTS) is 1. The summed E-state index contributed by atoms with van der Waals surface area (Å²) in [5, 5.41) is 8.62. The highest BCUT2D eigenvalue weighted by molar-refractivity contribution is 9.10. The number of halogens is 3. The average molecular weight is 372 g/mol. The summed E-state index contributed by atoms with van der Waals surface area (Å²) in [5.74, 6) is -0.790. The molecular weight excluding hydrogens is 363 g/mol. The largest absolute Gasteiger partial charge is 0.478 e. The first-order valence-corrected chi connectivity index (χ1v) is 6.96. The van der Waals surface area contributed by atoms with Crippen molar-refractivity contribution in [2.24, 2.45) is 0 Å². The van der Waals surface area contributed by atoms with E-state index in [0.717, 1.165) is 6.08 Å². The maximum Gasteiger partial charge on any atom is 0.328 e. The zero-order valence-electron chi connectivity index (χ0n) is 10.5. The van der Waals surface area contributed by atoms with Crippen LogP contribution in [0.3, 0.4) is 0 Å². The second-order valence-electron chi connectivity index (χ2n) is 4.03. The molecule has 3 nitrogen and oxygen atoms in total. The highest BCUT2D eigenvalue weighted by Crippen LogP contribution is 2.29. The number of benzene rings is 2. The molecule has 0 radical (unpaired) electrons. The first-order chi connectivity index (χ1) is 9.95. The van der Waals surface area contributed by atoms with Gasteiger partial charge >= 0.3 is 5.97 Å². The molecule has 6 heteroatoms. The van der Waals surface area contributed by atoms with E-state index in [1.165, 1.54) is 18.2 Å². The second kappa shape index (κ2) is 6.74. The Hall–Kier alpha value is -1.85. The summed E-state index contributed by atoms with van der Waals surface area (Å²) in [5.41, 5.74) is 0.687. The van der Waals surface area contributed by atoms with Crippen LogP contribution in [0.15, 0.2) is 46.9 Å². The van der Waals surface area contributed by atoms with Crippen LogP contribution >= 0.6 is 27.5 Å². The van der Waals surface area contributed by atoms with Gasteiger partial charge in [-0.2, -0.15) is 0 Å². The molecular formula is C15H9BrClFO3. The van der Waals surface area contributed by atoms with Crippen LogP contribution in [-0.2, 0) is 4.79 Å². The Morgan fingerprint density at radius 1 is 1.24 bits per heavy atom. The number of carboxylic acids is 1. The summed E-state index contributed by atoms with van der Waals surface area (Å²) < 4.78 is 19.5. The third-order valence-corrected chi connectivity index (χ3v) is 3.50. The molecule has 1 N–H and O–H groups in total. The van der Waals surface area contributed by atoms with Crippen LogP contribution in [-0.4, -0.2) is 11.1 Å². The van der Waals surface area contributed by atoms with Gasteiger partial charge in [-0.25, -0.2) is 9.18 Å². The zero-order chi connectivity index (χ0) is 15.4. The van der Waals surface area contributed by atoms with Crippen molar-refractivity contribution in [3.8, 4) is 11.5 Å². The Labute approximate surface area is 133 Å². The molecule has 2 aromatic rings. The minimum atomic E-state index is -1.03.